The second-order valence-corrected chi connectivity index (χ2v) is 8.80. The van der Waals surface area contributed by atoms with Crippen LogP contribution in [-0.4, -0.2) is 20.4 Å². The molecule has 0 aromatic heterocycles. The fourth-order valence-electron chi connectivity index (χ4n) is 2.85. The molecule has 0 spiro atoms. The highest BCUT2D eigenvalue weighted by Gasteiger charge is 2.17. The second-order valence-electron chi connectivity index (χ2n) is 7.12. The first kappa shape index (κ1) is 21.4. The van der Waals surface area contributed by atoms with Crippen LogP contribution in [0.2, 0.25) is 0 Å². The summed E-state index contributed by atoms with van der Waals surface area (Å²) in [5, 5.41) is 2.79. The van der Waals surface area contributed by atoms with E-state index >= 15 is 0 Å². The summed E-state index contributed by atoms with van der Waals surface area (Å²) in [5.74, 6) is 0.119. The van der Waals surface area contributed by atoms with Crippen LogP contribution in [0.25, 0.3) is 0 Å². The summed E-state index contributed by atoms with van der Waals surface area (Å²) in [6.07, 6.45) is -0.0516. The van der Waals surface area contributed by atoms with Crippen LogP contribution in [0.4, 0.5) is 11.4 Å². The van der Waals surface area contributed by atoms with Crippen molar-refractivity contribution in [3.63, 3.8) is 0 Å². The van der Waals surface area contributed by atoms with E-state index in [1.807, 2.05) is 32.9 Å². The summed E-state index contributed by atoms with van der Waals surface area (Å²) in [7, 11) is -3.84. The van der Waals surface area contributed by atoms with Gasteiger partial charge in [-0.1, -0.05) is 30.3 Å². The van der Waals surface area contributed by atoms with E-state index in [1.54, 1.807) is 42.5 Å². The normalized spacial score (nSPS) is 11.2. The Hall–Kier alpha value is -3.32. The van der Waals surface area contributed by atoms with E-state index in [0.717, 1.165) is 5.56 Å². The van der Waals surface area contributed by atoms with Gasteiger partial charge in [-0.05, 0) is 68.8 Å². The summed E-state index contributed by atoms with van der Waals surface area (Å²) >= 11 is 0. The van der Waals surface area contributed by atoms with Crippen molar-refractivity contribution in [3.05, 3.63) is 83.9 Å². The highest BCUT2D eigenvalue weighted by Crippen LogP contribution is 2.26. The van der Waals surface area contributed by atoms with Crippen LogP contribution in [0.5, 0.6) is 5.75 Å². The lowest BCUT2D eigenvalue weighted by molar-refractivity contribution is 0.102. The Morgan fingerprint density at radius 3 is 2.40 bits per heavy atom. The Bertz CT molecular complexity index is 1160. The van der Waals surface area contributed by atoms with Gasteiger partial charge in [-0.2, -0.15) is 0 Å². The molecule has 0 saturated carbocycles. The van der Waals surface area contributed by atoms with Crippen molar-refractivity contribution in [2.24, 2.45) is 0 Å². The molecule has 0 aliphatic carbocycles. The summed E-state index contributed by atoms with van der Waals surface area (Å²) in [6.45, 7) is 5.67. The van der Waals surface area contributed by atoms with Crippen LogP contribution in [0.1, 0.15) is 29.8 Å². The number of para-hydroxylation sites is 2. The van der Waals surface area contributed by atoms with Crippen molar-refractivity contribution >= 4 is 27.3 Å². The summed E-state index contributed by atoms with van der Waals surface area (Å²) in [5.41, 5.74) is 2.14. The molecule has 1 amide bonds. The van der Waals surface area contributed by atoms with E-state index in [9.17, 15) is 13.2 Å². The number of anilines is 2. The first-order chi connectivity index (χ1) is 14.2. The van der Waals surface area contributed by atoms with Gasteiger partial charge in [0.05, 0.1) is 16.7 Å². The van der Waals surface area contributed by atoms with Gasteiger partial charge < -0.3 is 10.1 Å². The topological polar surface area (TPSA) is 84.5 Å². The minimum Gasteiger partial charge on any atom is -0.489 e. The molecule has 0 saturated heterocycles. The van der Waals surface area contributed by atoms with Gasteiger partial charge in [0.25, 0.3) is 15.9 Å². The molecule has 0 bridgehead atoms. The second kappa shape index (κ2) is 9.00. The molecule has 3 rings (SSSR count). The number of hydrogen-bond donors (Lipinski definition) is 2. The van der Waals surface area contributed by atoms with E-state index in [2.05, 4.69) is 10.0 Å². The monoisotopic (exact) mass is 424 g/mol. The average Bonchev–Trinajstić information content (AvgIpc) is 2.69. The molecule has 0 aliphatic rings. The van der Waals surface area contributed by atoms with Crippen LogP contribution in [-0.2, 0) is 10.0 Å². The van der Waals surface area contributed by atoms with Gasteiger partial charge in [0.2, 0.25) is 0 Å². The van der Waals surface area contributed by atoms with E-state index in [0.29, 0.717) is 17.1 Å². The zero-order valence-electron chi connectivity index (χ0n) is 17.0. The predicted molar refractivity (Wildman–Crippen MR) is 119 cm³/mol. The summed E-state index contributed by atoms with van der Waals surface area (Å²) < 4.78 is 33.8. The number of aryl methyl sites for hydroxylation is 1. The molecule has 7 heteroatoms. The van der Waals surface area contributed by atoms with Crippen molar-refractivity contribution in [2.75, 3.05) is 10.0 Å². The number of benzene rings is 3. The van der Waals surface area contributed by atoms with Crippen LogP contribution < -0.4 is 14.8 Å². The first-order valence-corrected chi connectivity index (χ1v) is 11.0. The minimum absolute atomic E-state index is 0.00312. The summed E-state index contributed by atoms with van der Waals surface area (Å²) in [6, 6.07) is 20.1. The third-order valence-corrected chi connectivity index (χ3v) is 5.55. The number of ether oxygens (including phenoxy) is 1. The number of nitrogens with one attached hydrogen (secondary N) is 2. The number of sulfonamides is 1. The summed E-state index contributed by atoms with van der Waals surface area (Å²) in [4.78, 5) is 12.8. The maximum atomic E-state index is 12.8. The Labute approximate surface area is 177 Å². The average molecular weight is 425 g/mol. The van der Waals surface area contributed by atoms with E-state index in [1.165, 1.54) is 18.2 Å². The predicted octanol–water partition coefficient (Wildman–Crippen LogP) is 4.84. The zero-order chi connectivity index (χ0) is 21.7. The van der Waals surface area contributed by atoms with E-state index < -0.39 is 15.9 Å². The minimum atomic E-state index is -3.84. The Balaban J connectivity index is 1.82. The quantitative estimate of drug-likeness (QED) is 0.569. The van der Waals surface area contributed by atoms with Gasteiger partial charge in [-0.3, -0.25) is 9.52 Å². The standard InChI is InChI=1S/C23H24N2O4S/c1-16(2)29-22-13-5-4-12-21(22)24-23(26)18-9-7-11-20(15-18)30(27,28)25-19-10-6-8-17(3)14-19/h4-16,25H,1-3H3,(H,24,26). The van der Waals surface area contributed by atoms with Crippen molar-refractivity contribution < 1.29 is 17.9 Å². The van der Waals surface area contributed by atoms with Gasteiger partial charge in [0, 0.05) is 11.3 Å². The zero-order valence-corrected chi connectivity index (χ0v) is 17.9. The smallest absolute Gasteiger partial charge is 0.261 e. The number of hydrogen-bond acceptors (Lipinski definition) is 4. The highest BCUT2D eigenvalue weighted by molar-refractivity contribution is 7.92. The van der Waals surface area contributed by atoms with Crippen LogP contribution in [0.3, 0.4) is 0 Å². The molecule has 0 atom stereocenters. The maximum absolute atomic E-state index is 12.8. The Morgan fingerprint density at radius 2 is 1.67 bits per heavy atom. The molecule has 3 aromatic carbocycles. The third kappa shape index (κ3) is 5.39. The van der Waals surface area contributed by atoms with Gasteiger partial charge in [-0.25, -0.2) is 8.42 Å². The molecule has 0 aliphatic heterocycles. The molecule has 6 nitrogen and oxygen atoms in total. The molecule has 2 N–H and O–H groups in total. The Morgan fingerprint density at radius 1 is 0.933 bits per heavy atom. The van der Waals surface area contributed by atoms with Crippen LogP contribution in [0.15, 0.2) is 77.7 Å². The van der Waals surface area contributed by atoms with Gasteiger partial charge in [0.15, 0.2) is 0 Å². The maximum Gasteiger partial charge on any atom is 0.261 e. The SMILES string of the molecule is Cc1cccc(NS(=O)(=O)c2cccc(C(=O)Nc3ccccc3OC(C)C)c2)c1. The molecule has 0 heterocycles. The number of carbonyl (C=O) groups is 1. The van der Waals surface area contributed by atoms with Crippen molar-refractivity contribution in [3.8, 4) is 5.75 Å². The number of carbonyl (C=O) groups excluding carboxylic acids is 1. The highest BCUT2D eigenvalue weighted by atomic mass is 32.2. The van der Waals surface area contributed by atoms with Gasteiger partial charge in [-0.15, -0.1) is 0 Å². The lowest BCUT2D eigenvalue weighted by Crippen LogP contribution is -2.17. The molecule has 3 aromatic rings. The molecule has 156 valence electrons. The van der Waals surface area contributed by atoms with Gasteiger partial charge >= 0.3 is 0 Å². The van der Waals surface area contributed by atoms with E-state index in [4.69, 9.17) is 4.74 Å². The largest absolute Gasteiger partial charge is 0.489 e. The number of amides is 1. The molecular formula is C23H24N2O4S. The van der Waals surface area contributed by atoms with Crippen molar-refractivity contribution in [1.29, 1.82) is 0 Å². The fourth-order valence-corrected chi connectivity index (χ4v) is 3.94. The third-order valence-electron chi connectivity index (χ3n) is 4.17. The lowest BCUT2D eigenvalue weighted by atomic mass is 10.2. The Kier molecular flexibility index (Phi) is 6.42. The molecular weight excluding hydrogens is 400 g/mol. The molecule has 0 fully saturated rings. The van der Waals surface area contributed by atoms with Crippen LogP contribution >= 0.6 is 0 Å². The molecule has 30 heavy (non-hydrogen) atoms. The molecule has 0 radical (unpaired) electrons. The first-order valence-electron chi connectivity index (χ1n) is 9.51. The van der Waals surface area contributed by atoms with Gasteiger partial charge in [0.1, 0.15) is 5.75 Å². The number of rotatable bonds is 7. The van der Waals surface area contributed by atoms with Crippen molar-refractivity contribution in [1.82, 2.24) is 0 Å². The van der Waals surface area contributed by atoms with Crippen molar-refractivity contribution in [2.45, 2.75) is 31.8 Å². The molecule has 0 unspecified atom stereocenters. The fraction of sp³-hybridized carbons (Fsp3) is 0.174. The van der Waals surface area contributed by atoms with E-state index in [-0.39, 0.29) is 16.6 Å². The van der Waals surface area contributed by atoms with Crippen LogP contribution in [0, 0.1) is 6.92 Å². The lowest BCUT2D eigenvalue weighted by Gasteiger charge is -2.15.